The molecule has 1 N–H and O–H groups in total. The summed E-state index contributed by atoms with van der Waals surface area (Å²) in [5.74, 6) is -0.122. The van der Waals surface area contributed by atoms with Crippen LogP contribution in [0.5, 0.6) is 0 Å². The molecule has 0 heterocycles. The van der Waals surface area contributed by atoms with Gasteiger partial charge in [0.05, 0.1) is 0 Å². The summed E-state index contributed by atoms with van der Waals surface area (Å²) in [6, 6.07) is 5.77. The van der Waals surface area contributed by atoms with Crippen LogP contribution in [0.25, 0.3) is 0 Å². The van der Waals surface area contributed by atoms with E-state index < -0.39 is 0 Å². The standard InChI is InChI=1S/C17H20ClNO/c1-5-6-15(9-12(2)3)17(20)19-11-14-8-7-13(4)16(18)10-14/h5-10H,1,11H2,2-4H3,(H,19,20)/b15-6+. The van der Waals surface area contributed by atoms with E-state index in [9.17, 15) is 4.79 Å². The van der Waals surface area contributed by atoms with Crippen LogP contribution in [0, 0.1) is 6.92 Å². The Morgan fingerprint density at radius 1 is 1.40 bits per heavy atom. The lowest BCUT2D eigenvalue weighted by Gasteiger charge is -2.08. The first-order valence-electron chi connectivity index (χ1n) is 6.45. The zero-order valence-electron chi connectivity index (χ0n) is 12.2. The molecule has 0 fully saturated rings. The number of carbonyl (C=O) groups is 1. The predicted molar refractivity (Wildman–Crippen MR) is 85.7 cm³/mol. The Hall–Kier alpha value is -1.80. The maximum Gasteiger partial charge on any atom is 0.251 e. The van der Waals surface area contributed by atoms with Gasteiger partial charge in [0.15, 0.2) is 0 Å². The number of hydrogen-bond acceptors (Lipinski definition) is 1. The maximum atomic E-state index is 12.1. The third-order valence-corrected chi connectivity index (χ3v) is 3.10. The van der Waals surface area contributed by atoms with E-state index in [1.54, 1.807) is 12.2 Å². The Bertz CT molecular complexity index is 566. The van der Waals surface area contributed by atoms with Crippen LogP contribution >= 0.6 is 11.6 Å². The Balaban J connectivity index is 2.75. The molecule has 0 aliphatic heterocycles. The molecule has 0 aliphatic carbocycles. The van der Waals surface area contributed by atoms with E-state index in [0.29, 0.717) is 17.1 Å². The van der Waals surface area contributed by atoms with Gasteiger partial charge in [-0.1, -0.05) is 54.1 Å². The van der Waals surface area contributed by atoms with Gasteiger partial charge in [-0.2, -0.15) is 0 Å². The summed E-state index contributed by atoms with van der Waals surface area (Å²) in [7, 11) is 0. The monoisotopic (exact) mass is 289 g/mol. The summed E-state index contributed by atoms with van der Waals surface area (Å²) in [6.07, 6.45) is 5.14. The molecule has 1 aromatic rings. The molecule has 106 valence electrons. The highest BCUT2D eigenvalue weighted by atomic mass is 35.5. The van der Waals surface area contributed by atoms with Crippen LogP contribution in [0.2, 0.25) is 5.02 Å². The zero-order valence-corrected chi connectivity index (χ0v) is 12.9. The summed E-state index contributed by atoms with van der Waals surface area (Å²) < 4.78 is 0. The molecule has 1 amide bonds. The van der Waals surface area contributed by atoms with Crippen LogP contribution in [0.4, 0.5) is 0 Å². The summed E-state index contributed by atoms with van der Waals surface area (Å²) >= 11 is 6.06. The molecular weight excluding hydrogens is 270 g/mol. The van der Waals surface area contributed by atoms with Gasteiger partial charge in [-0.3, -0.25) is 4.79 Å². The number of allylic oxidation sites excluding steroid dienone is 3. The number of aryl methyl sites for hydroxylation is 1. The number of amides is 1. The van der Waals surface area contributed by atoms with Gasteiger partial charge in [0.1, 0.15) is 0 Å². The van der Waals surface area contributed by atoms with Crippen LogP contribution in [0.1, 0.15) is 25.0 Å². The normalized spacial score (nSPS) is 10.9. The Labute approximate surface area is 125 Å². The fourth-order valence-electron chi connectivity index (χ4n) is 1.66. The minimum absolute atomic E-state index is 0.122. The summed E-state index contributed by atoms with van der Waals surface area (Å²) in [5.41, 5.74) is 3.66. The van der Waals surface area contributed by atoms with Crippen molar-refractivity contribution in [2.75, 3.05) is 0 Å². The molecule has 0 spiro atoms. The second kappa shape index (κ2) is 7.71. The van der Waals surface area contributed by atoms with Gasteiger partial charge < -0.3 is 5.32 Å². The Morgan fingerprint density at radius 2 is 2.10 bits per heavy atom. The molecule has 20 heavy (non-hydrogen) atoms. The fraction of sp³-hybridized carbons (Fsp3) is 0.235. The molecule has 0 bridgehead atoms. The Morgan fingerprint density at radius 3 is 2.65 bits per heavy atom. The lowest BCUT2D eigenvalue weighted by molar-refractivity contribution is -0.117. The molecule has 2 nitrogen and oxygen atoms in total. The first-order chi connectivity index (χ1) is 9.43. The molecule has 0 atom stereocenters. The predicted octanol–water partition coefficient (Wildman–Crippen LogP) is 4.34. The number of carbonyl (C=O) groups excluding carboxylic acids is 1. The molecule has 0 unspecified atom stereocenters. The minimum Gasteiger partial charge on any atom is -0.348 e. The maximum absolute atomic E-state index is 12.1. The van der Waals surface area contributed by atoms with E-state index in [4.69, 9.17) is 11.6 Å². The molecular formula is C17H20ClNO. The largest absolute Gasteiger partial charge is 0.348 e. The van der Waals surface area contributed by atoms with Crippen molar-refractivity contribution in [2.24, 2.45) is 0 Å². The van der Waals surface area contributed by atoms with Gasteiger partial charge in [-0.15, -0.1) is 0 Å². The van der Waals surface area contributed by atoms with Crippen LogP contribution < -0.4 is 5.32 Å². The summed E-state index contributed by atoms with van der Waals surface area (Å²) in [5, 5.41) is 3.59. The number of benzene rings is 1. The van der Waals surface area contributed by atoms with Gasteiger partial charge in [0.25, 0.3) is 5.91 Å². The zero-order chi connectivity index (χ0) is 15.1. The quantitative estimate of drug-likeness (QED) is 0.634. The molecule has 0 radical (unpaired) electrons. The van der Waals surface area contributed by atoms with Gasteiger partial charge in [-0.05, 0) is 38.0 Å². The summed E-state index contributed by atoms with van der Waals surface area (Å²) in [4.78, 5) is 12.1. The van der Waals surface area contributed by atoms with Crippen LogP contribution in [0.15, 0.2) is 54.2 Å². The minimum atomic E-state index is -0.122. The molecule has 0 saturated carbocycles. The van der Waals surface area contributed by atoms with Crippen molar-refractivity contribution in [3.8, 4) is 0 Å². The average Bonchev–Trinajstić information content (AvgIpc) is 2.39. The highest BCUT2D eigenvalue weighted by Crippen LogP contribution is 2.16. The number of rotatable bonds is 5. The third kappa shape index (κ3) is 5.06. The van der Waals surface area contributed by atoms with Crippen molar-refractivity contribution in [2.45, 2.75) is 27.3 Å². The lowest BCUT2D eigenvalue weighted by Crippen LogP contribution is -2.24. The van der Waals surface area contributed by atoms with E-state index >= 15 is 0 Å². The van der Waals surface area contributed by atoms with Crippen molar-refractivity contribution in [3.05, 3.63) is 70.3 Å². The molecule has 1 aromatic carbocycles. The van der Waals surface area contributed by atoms with Crippen molar-refractivity contribution < 1.29 is 4.79 Å². The third-order valence-electron chi connectivity index (χ3n) is 2.69. The topological polar surface area (TPSA) is 29.1 Å². The molecule has 0 aromatic heterocycles. The Kier molecular flexibility index (Phi) is 6.26. The number of nitrogens with one attached hydrogen (secondary N) is 1. The van der Waals surface area contributed by atoms with E-state index in [2.05, 4.69) is 11.9 Å². The SMILES string of the molecule is C=C/C=C(\C=C(C)C)C(=O)NCc1ccc(C)c(Cl)c1. The van der Waals surface area contributed by atoms with E-state index in [-0.39, 0.29) is 5.91 Å². The highest BCUT2D eigenvalue weighted by molar-refractivity contribution is 6.31. The lowest BCUT2D eigenvalue weighted by atomic mass is 10.1. The van der Waals surface area contributed by atoms with Crippen molar-refractivity contribution in [1.82, 2.24) is 5.32 Å². The highest BCUT2D eigenvalue weighted by Gasteiger charge is 2.06. The van der Waals surface area contributed by atoms with E-state index in [1.807, 2.05) is 45.0 Å². The second-order valence-electron chi connectivity index (χ2n) is 4.85. The smallest absolute Gasteiger partial charge is 0.251 e. The van der Waals surface area contributed by atoms with Crippen LogP contribution in [-0.2, 0) is 11.3 Å². The first kappa shape index (κ1) is 16.3. The molecule has 0 aliphatic rings. The summed E-state index contributed by atoms with van der Waals surface area (Å²) in [6.45, 7) is 9.92. The first-order valence-corrected chi connectivity index (χ1v) is 6.82. The van der Waals surface area contributed by atoms with Gasteiger partial charge in [0, 0.05) is 17.1 Å². The van der Waals surface area contributed by atoms with Crippen LogP contribution in [0.3, 0.4) is 0 Å². The fourth-order valence-corrected chi connectivity index (χ4v) is 1.86. The molecule has 0 saturated heterocycles. The number of hydrogen-bond donors (Lipinski definition) is 1. The van der Waals surface area contributed by atoms with Gasteiger partial charge in [0.2, 0.25) is 0 Å². The van der Waals surface area contributed by atoms with Gasteiger partial charge in [-0.25, -0.2) is 0 Å². The van der Waals surface area contributed by atoms with E-state index in [0.717, 1.165) is 16.7 Å². The van der Waals surface area contributed by atoms with Gasteiger partial charge >= 0.3 is 0 Å². The van der Waals surface area contributed by atoms with Crippen LogP contribution in [-0.4, -0.2) is 5.91 Å². The number of halogens is 1. The molecule has 1 rings (SSSR count). The molecule has 3 heteroatoms. The van der Waals surface area contributed by atoms with Crippen molar-refractivity contribution in [3.63, 3.8) is 0 Å². The average molecular weight is 290 g/mol. The van der Waals surface area contributed by atoms with Crippen molar-refractivity contribution >= 4 is 17.5 Å². The second-order valence-corrected chi connectivity index (χ2v) is 5.25. The van der Waals surface area contributed by atoms with E-state index in [1.165, 1.54) is 0 Å². The van der Waals surface area contributed by atoms with Crippen molar-refractivity contribution in [1.29, 1.82) is 0 Å².